The molecular weight excluding hydrogens is 414 g/mol. The van der Waals surface area contributed by atoms with Crippen LogP contribution >= 0.6 is 31.9 Å². The molecule has 0 aromatic heterocycles. The fourth-order valence-corrected chi connectivity index (χ4v) is 4.52. The maximum Gasteiger partial charge on any atom is 0.303 e. The average molecular weight is 429 g/mol. The van der Waals surface area contributed by atoms with Crippen molar-refractivity contribution in [3.05, 3.63) is 26.6 Å². The van der Waals surface area contributed by atoms with E-state index in [-0.39, 0.29) is 17.7 Å². The number of sulfonamides is 1. The number of carbonyl (C=O) groups is 1. The van der Waals surface area contributed by atoms with E-state index in [1.165, 1.54) is 6.07 Å². The van der Waals surface area contributed by atoms with Gasteiger partial charge in [0.1, 0.15) is 0 Å². The highest BCUT2D eigenvalue weighted by Crippen LogP contribution is 2.28. The van der Waals surface area contributed by atoms with E-state index in [4.69, 9.17) is 5.11 Å². The van der Waals surface area contributed by atoms with Crippen LogP contribution in [0.5, 0.6) is 0 Å². The fourth-order valence-electron chi connectivity index (χ4n) is 1.56. The summed E-state index contributed by atoms with van der Waals surface area (Å²) in [7, 11) is -3.70. The lowest BCUT2D eigenvalue weighted by molar-refractivity contribution is -0.137. The Balaban J connectivity index is 2.94. The van der Waals surface area contributed by atoms with Crippen LogP contribution in [0.2, 0.25) is 0 Å². The molecule has 0 aliphatic heterocycles. The van der Waals surface area contributed by atoms with Crippen molar-refractivity contribution in [1.82, 2.24) is 4.72 Å². The molecule has 0 heterocycles. The molecule has 0 spiro atoms. The summed E-state index contributed by atoms with van der Waals surface area (Å²) in [6, 6.07) is 2.77. The molecule has 5 nitrogen and oxygen atoms in total. The lowest BCUT2D eigenvalue weighted by atomic mass is 10.2. The minimum Gasteiger partial charge on any atom is -0.481 e. The highest BCUT2D eigenvalue weighted by Gasteiger charge is 2.21. The van der Waals surface area contributed by atoms with Crippen molar-refractivity contribution in [3.63, 3.8) is 0 Å². The van der Waals surface area contributed by atoms with Crippen LogP contribution in [0, 0.1) is 6.92 Å². The molecule has 0 radical (unpaired) electrons. The van der Waals surface area contributed by atoms with Gasteiger partial charge in [0, 0.05) is 21.4 Å². The quantitative estimate of drug-likeness (QED) is 0.729. The lowest BCUT2D eigenvalue weighted by Gasteiger charge is -2.15. The van der Waals surface area contributed by atoms with E-state index in [0.717, 1.165) is 5.56 Å². The first-order chi connectivity index (χ1) is 9.13. The van der Waals surface area contributed by atoms with E-state index < -0.39 is 22.0 Å². The third-order valence-corrected chi connectivity index (χ3v) is 6.05. The Bertz CT molecular complexity index is 616. The van der Waals surface area contributed by atoms with Crippen LogP contribution in [0.3, 0.4) is 0 Å². The lowest BCUT2D eigenvalue weighted by Crippen LogP contribution is -2.33. The number of hydrogen-bond donors (Lipinski definition) is 2. The molecule has 8 heteroatoms. The maximum absolute atomic E-state index is 12.3. The van der Waals surface area contributed by atoms with Gasteiger partial charge in [0.15, 0.2) is 0 Å². The van der Waals surface area contributed by atoms with Gasteiger partial charge in [0.05, 0.1) is 4.90 Å². The monoisotopic (exact) mass is 427 g/mol. The molecule has 0 bridgehead atoms. The second-order valence-electron chi connectivity index (χ2n) is 4.49. The summed E-state index contributed by atoms with van der Waals surface area (Å²) >= 11 is 6.53. The number of halogens is 2. The van der Waals surface area contributed by atoms with Crippen LogP contribution in [-0.2, 0) is 14.8 Å². The largest absolute Gasteiger partial charge is 0.481 e. The van der Waals surface area contributed by atoms with Gasteiger partial charge in [-0.05, 0) is 53.9 Å². The van der Waals surface area contributed by atoms with Gasteiger partial charge >= 0.3 is 5.97 Å². The van der Waals surface area contributed by atoms with E-state index in [0.29, 0.717) is 8.95 Å². The Morgan fingerprint density at radius 3 is 2.50 bits per heavy atom. The topological polar surface area (TPSA) is 83.5 Å². The molecule has 0 aliphatic carbocycles. The van der Waals surface area contributed by atoms with E-state index in [1.807, 2.05) is 6.92 Å². The van der Waals surface area contributed by atoms with Crippen molar-refractivity contribution in [1.29, 1.82) is 0 Å². The molecule has 1 rings (SSSR count). The number of benzene rings is 1. The molecule has 0 fully saturated rings. The van der Waals surface area contributed by atoms with Crippen LogP contribution in [0.15, 0.2) is 26.0 Å². The molecule has 1 atom stereocenters. The molecule has 1 unspecified atom stereocenters. The predicted octanol–water partition coefficient (Wildman–Crippen LogP) is 3.05. The van der Waals surface area contributed by atoms with Crippen LogP contribution < -0.4 is 4.72 Å². The van der Waals surface area contributed by atoms with Gasteiger partial charge in [0.25, 0.3) is 0 Å². The number of hydrogen-bond acceptors (Lipinski definition) is 3. The SMILES string of the molecule is Cc1cc(Br)c(S(=O)(=O)NC(C)CCC(=O)O)cc1Br. The molecule has 112 valence electrons. The average Bonchev–Trinajstić information content (AvgIpc) is 2.30. The van der Waals surface area contributed by atoms with Gasteiger partial charge in [0.2, 0.25) is 10.0 Å². The van der Waals surface area contributed by atoms with Crippen LogP contribution in [0.25, 0.3) is 0 Å². The fraction of sp³-hybridized carbons (Fsp3) is 0.417. The van der Waals surface area contributed by atoms with Crippen molar-refractivity contribution in [2.75, 3.05) is 0 Å². The van der Waals surface area contributed by atoms with E-state index >= 15 is 0 Å². The summed E-state index contributed by atoms with van der Waals surface area (Å²) in [5, 5.41) is 8.60. The zero-order chi connectivity index (χ0) is 15.5. The van der Waals surface area contributed by atoms with Crippen molar-refractivity contribution >= 4 is 47.9 Å². The molecule has 2 N–H and O–H groups in total. The zero-order valence-electron chi connectivity index (χ0n) is 11.0. The first-order valence-electron chi connectivity index (χ1n) is 5.83. The number of rotatable bonds is 6. The third kappa shape index (κ3) is 4.83. The van der Waals surface area contributed by atoms with Gasteiger partial charge in [-0.1, -0.05) is 15.9 Å². The Hall–Kier alpha value is -0.440. The van der Waals surface area contributed by atoms with Crippen molar-refractivity contribution in [3.8, 4) is 0 Å². The smallest absolute Gasteiger partial charge is 0.303 e. The van der Waals surface area contributed by atoms with Gasteiger partial charge in [-0.3, -0.25) is 4.79 Å². The van der Waals surface area contributed by atoms with Gasteiger partial charge in [-0.2, -0.15) is 0 Å². The summed E-state index contributed by atoms with van der Waals surface area (Å²) in [5.41, 5.74) is 0.912. The second-order valence-corrected chi connectivity index (χ2v) is 7.88. The van der Waals surface area contributed by atoms with E-state index in [1.54, 1.807) is 13.0 Å². The molecule has 0 saturated heterocycles. The van der Waals surface area contributed by atoms with E-state index in [9.17, 15) is 13.2 Å². The Morgan fingerprint density at radius 2 is 1.95 bits per heavy atom. The zero-order valence-corrected chi connectivity index (χ0v) is 15.0. The normalized spacial score (nSPS) is 13.2. The maximum atomic E-state index is 12.3. The molecule has 20 heavy (non-hydrogen) atoms. The van der Waals surface area contributed by atoms with Crippen molar-refractivity contribution < 1.29 is 18.3 Å². The standard InChI is InChI=1S/C12H15Br2NO4S/c1-7-5-10(14)11(6-9(7)13)20(18,19)15-8(2)3-4-12(16)17/h5-6,8,15H,3-4H2,1-2H3,(H,16,17). The highest BCUT2D eigenvalue weighted by atomic mass is 79.9. The molecule has 1 aromatic rings. The summed E-state index contributed by atoms with van der Waals surface area (Å²) < 4.78 is 28.2. The first kappa shape index (κ1) is 17.6. The minimum atomic E-state index is -3.70. The van der Waals surface area contributed by atoms with Crippen molar-refractivity contribution in [2.24, 2.45) is 0 Å². The van der Waals surface area contributed by atoms with Crippen molar-refractivity contribution in [2.45, 2.75) is 37.6 Å². The summed E-state index contributed by atoms with van der Waals surface area (Å²) in [4.78, 5) is 10.6. The minimum absolute atomic E-state index is 0.0809. The van der Waals surface area contributed by atoms with Gasteiger partial charge in [-0.15, -0.1) is 0 Å². The van der Waals surface area contributed by atoms with Gasteiger partial charge in [-0.25, -0.2) is 13.1 Å². The second kappa shape index (κ2) is 7.02. The summed E-state index contributed by atoms with van der Waals surface area (Å²) in [6.07, 6.45) is 0.154. The molecular formula is C12H15Br2NO4S. The summed E-state index contributed by atoms with van der Waals surface area (Å²) in [6.45, 7) is 3.49. The van der Waals surface area contributed by atoms with Crippen LogP contribution in [-0.4, -0.2) is 25.5 Å². The van der Waals surface area contributed by atoms with E-state index in [2.05, 4.69) is 36.6 Å². The van der Waals surface area contributed by atoms with Gasteiger partial charge < -0.3 is 5.11 Å². The number of carboxylic acid groups (broad SMARTS) is 1. The molecule has 0 saturated carbocycles. The highest BCUT2D eigenvalue weighted by molar-refractivity contribution is 9.11. The summed E-state index contributed by atoms with van der Waals surface area (Å²) in [5.74, 6) is -0.949. The Labute approximate surface area is 135 Å². The third-order valence-electron chi connectivity index (χ3n) is 2.65. The predicted molar refractivity (Wildman–Crippen MR) is 83.2 cm³/mol. The first-order valence-corrected chi connectivity index (χ1v) is 8.90. The molecule has 1 aromatic carbocycles. The number of nitrogens with one attached hydrogen (secondary N) is 1. The molecule has 0 amide bonds. The van der Waals surface area contributed by atoms with Crippen LogP contribution in [0.1, 0.15) is 25.3 Å². The molecule has 0 aliphatic rings. The Morgan fingerprint density at radius 1 is 1.35 bits per heavy atom. The number of aryl methyl sites for hydroxylation is 1. The Kier molecular flexibility index (Phi) is 6.18. The van der Waals surface area contributed by atoms with Crippen LogP contribution in [0.4, 0.5) is 0 Å². The number of carboxylic acids is 1. The number of aliphatic carboxylic acids is 1.